The van der Waals surface area contributed by atoms with E-state index in [0.29, 0.717) is 15.8 Å². The number of nitrogens with zero attached hydrogens (tertiary/aromatic N) is 2. The molecule has 5 rings (SSSR count). The van der Waals surface area contributed by atoms with E-state index in [0.717, 1.165) is 33.2 Å². The highest BCUT2D eigenvalue weighted by atomic mass is 79.9. The van der Waals surface area contributed by atoms with E-state index in [9.17, 15) is 9.18 Å². The highest BCUT2D eigenvalue weighted by Crippen LogP contribution is 2.33. The number of thioether (sulfide) groups is 1. The molecule has 0 bridgehead atoms. The summed E-state index contributed by atoms with van der Waals surface area (Å²) < 4.78 is 16.5. The van der Waals surface area contributed by atoms with Crippen LogP contribution in [0.15, 0.2) is 87.2 Å². The molecule has 0 radical (unpaired) electrons. The molecule has 3 aromatic carbocycles. The second-order valence-electron chi connectivity index (χ2n) is 7.69. The van der Waals surface area contributed by atoms with Crippen molar-refractivity contribution in [2.24, 2.45) is 4.99 Å². The first-order chi connectivity index (χ1) is 16.0. The lowest BCUT2D eigenvalue weighted by Gasteiger charge is -2.09. The van der Waals surface area contributed by atoms with Crippen molar-refractivity contribution < 1.29 is 9.18 Å². The highest BCUT2D eigenvalue weighted by molar-refractivity contribution is 9.10. The van der Waals surface area contributed by atoms with Crippen LogP contribution in [0.5, 0.6) is 0 Å². The second kappa shape index (κ2) is 9.00. The number of benzene rings is 3. The van der Waals surface area contributed by atoms with Gasteiger partial charge in [-0.1, -0.05) is 46.3 Å². The van der Waals surface area contributed by atoms with Crippen LogP contribution >= 0.6 is 27.7 Å². The predicted octanol–water partition coefficient (Wildman–Crippen LogP) is 6.79. The molecule has 1 amide bonds. The molecular weight excluding hydrogens is 501 g/mol. The zero-order valence-electron chi connectivity index (χ0n) is 17.7. The number of aromatic nitrogens is 1. The van der Waals surface area contributed by atoms with E-state index >= 15 is 0 Å². The first-order valence-electron chi connectivity index (χ1n) is 10.4. The van der Waals surface area contributed by atoms with Crippen LogP contribution in [-0.4, -0.2) is 15.6 Å². The molecule has 0 aliphatic carbocycles. The van der Waals surface area contributed by atoms with Gasteiger partial charge in [0.05, 0.1) is 10.6 Å². The van der Waals surface area contributed by atoms with E-state index in [1.54, 1.807) is 12.1 Å². The molecule has 0 saturated carbocycles. The van der Waals surface area contributed by atoms with Crippen molar-refractivity contribution in [2.75, 3.05) is 0 Å². The molecule has 1 aliphatic rings. The molecule has 1 fully saturated rings. The molecule has 4 aromatic rings. The Morgan fingerprint density at radius 1 is 1.06 bits per heavy atom. The average molecular weight is 520 g/mol. The maximum atomic E-state index is 13.2. The van der Waals surface area contributed by atoms with Crippen LogP contribution in [0.1, 0.15) is 16.8 Å². The van der Waals surface area contributed by atoms with Crippen LogP contribution in [0.4, 0.5) is 10.1 Å². The fourth-order valence-electron chi connectivity index (χ4n) is 3.86. The summed E-state index contributed by atoms with van der Waals surface area (Å²) in [6, 6.07) is 22.4. The van der Waals surface area contributed by atoms with Crippen LogP contribution in [0, 0.1) is 12.7 Å². The highest BCUT2D eigenvalue weighted by Gasteiger charge is 2.25. The van der Waals surface area contributed by atoms with Gasteiger partial charge in [-0.25, -0.2) is 9.38 Å². The monoisotopic (exact) mass is 519 g/mol. The molecule has 0 atom stereocenters. The van der Waals surface area contributed by atoms with E-state index < -0.39 is 0 Å². The van der Waals surface area contributed by atoms with Crippen LogP contribution in [0.3, 0.4) is 0 Å². The number of nitrogens with one attached hydrogen (secondary N) is 1. The molecule has 164 valence electrons. The number of fused-ring (bicyclic) bond motifs is 1. The van der Waals surface area contributed by atoms with Crippen LogP contribution in [-0.2, 0) is 11.3 Å². The smallest absolute Gasteiger partial charge is 0.264 e. The summed E-state index contributed by atoms with van der Waals surface area (Å²) in [5.74, 6) is -0.511. The van der Waals surface area contributed by atoms with Crippen LogP contribution in [0.25, 0.3) is 17.0 Å². The average Bonchev–Trinajstić information content (AvgIpc) is 3.29. The molecule has 33 heavy (non-hydrogen) atoms. The van der Waals surface area contributed by atoms with E-state index in [4.69, 9.17) is 0 Å². The van der Waals surface area contributed by atoms with Crippen LogP contribution < -0.4 is 5.32 Å². The number of halogens is 2. The molecule has 1 aromatic heterocycles. The van der Waals surface area contributed by atoms with Gasteiger partial charge in [0, 0.05) is 33.2 Å². The molecular formula is C26H19BrFN3OS. The van der Waals surface area contributed by atoms with E-state index in [-0.39, 0.29) is 11.7 Å². The molecule has 7 heteroatoms. The quantitative estimate of drug-likeness (QED) is 0.301. The lowest BCUT2D eigenvalue weighted by atomic mass is 10.1. The van der Waals surface area contributed by atoms with Gasteiger partial charge in [0.2, 0.25) is 0 Å². The van der Waals surface area contributed by atoms with E-state index in [1.807, 2.05) is 30.3 Å². The van der Waals surface area contributed by atoms with Gasteiger partial charge in [-0.3, -0.25) is 4.79 Å². The number of hydrogen-bond acceptors (Lipinski definition) is 3. The molecule has 0 unspecified atom stereocenters. The molecule has 1 N–H and O–H groups in total. The summed E-state index contributed by atoms with van der Waals surface area (Å²) in [7, 11) is 0. The summed E-state index contributed by atoms with van der Waals surface area (Å²) >= 11 is 4.78. The summed E-state index contributed by atoms with van der Waals surface area (Å²) in [5.41, 5.74) is 5.01. The fraction of sp³-hybridized carbons (Fsp3) is 0.0769. The van der Waals surface area contributed by atoms with Crippen molar-refractivity contribution in [3.63, 3.8) is 0 Å². The van der Waals surface area contributed by atoms with Gasteiger partial charge in [-0.05, 0) is 72.8 Å². The summed E-state index contributed by atoms with van der Waals surface area (Å²) in [5, 5.41) is 4.38. The van der Waals surface area contributed by atoms with Crippen molar-refractivity contribution in [2.45, 2.75) is 13.5 Å². The Bertz CT molecular complexity index is 1420. The van der Waals surface area contributed by atoms with Crippen molar-refractivity contribution in [3.8, 4) is 0 Å². The molecule has 1 saturated heterocycles. The number of amides is 1. The number of para-hydroxylation sites is 1. The maximum Gasteiger partial charge on any atom is 0.264 e. The number of carbonyl (C=O) groups excluding carboxylic acids is 1. The van der Waals surface area contributed by atoms with E-state index in [1.165, 1.54) is 29.5 Å². The zero-order chi connectivity index (χ0) is 22.9. The lowest BCUT2D eigenvalue weighted by Crippen LogP contribution is -2.19. The van der Waals surface area contributed by atoms with Gasteiger partial charge in [0.1, 0.15) is 5.82 Å². The van der Waals surface area contributed by atoms with Gasteiger partial charge in [-0.2, -0.15) is 0 Å². The van der Waals surface area contributed by atoms with Gasteiger partial charge < -0.3 is 9.88 Å². The Morgan fingerprint density at radius 2 is 1.79 bits per heavy atom. The fourth-order valence-corrected chi connectivity index (χ4v) is 4.95. The first-order valence-corrected chi connectivity index (χ1v) is 12.0. The van der Waals surface area contributed by atoms with Gasteiger partial charge in [-0.15, -0.1) is 0 Å². The predicted molar refractivity (Wildman–Crippen MR) is 137 cm³/mol. The second-order valence-corrected chi connectivity index (χ2v) is 9.63. The number of aliphatic imine (C=N–C) groups is 1. The number of hydrogen-bond donors (Lipinski definition) is 1. The van der Waals surface area contributed by atoms with E-state index in [2.05, 4.69) is 62.0 Å². The lowest BCUT2D eigenvalue weighted by molar-refractivity contribution is -0.115. The maximum absolute atomic E-state index is 13.2. The van der Waals surface area contributed by atoms with Gasteiger partial charge in [0.15, 0.2) is 5.17 Å². The number of amidine groups is 1. The van der Waals surface area contributed by atoms with Gasteiger partial charge in [0.25, 0.3) is 5.91 Å². The molecule has 0 spiro atoms. The Hall–Kier alpha value is -3.16. The third kappa shape index (κ3) is 4.51. The van der Waals surface area contributed by atoms with Crippen molar-refractivity contribution in [1.82, 2.24) is 9.88 Å². The van der Waals surface area contributed by atoms with Gasteiger partial charge >= 0.3 is 0 Å². The zero-order valence-corrected chi connectivity index (χ0v) is 20.1. The standard InChI is InChI=1S/C26H19BrFN3OS/c1-16-22(14-24-25(32)30-26(33-24)29-20-12-10-19(28)11-13-20)21-4-2-3-5-23(21)31(16)15-17-6-8-18(27)9-7-17/h2-14H,15H2,1H3,(H,29,30,32). The Labute approximate surface area is 203 Å². The Balaban J connectivity index is 1.51. The Morgan fingerprint density at radius 3 is 2.55 bits per heavy atom. The summed E-state index contributed by atoms with van der Waals surface area (Å²) in [6.45, 7) is 2.82. The topological polar surface area (TPSA) is 46.4 Å². The molecule has 1 aliphatic heterocycles. The normalized spacial score (nSPS) is 16.2. The molecule has 2 heterocycles. The largest absolute Gasteiger partial charge is 0.340 e. The minimum absolute atomic E-state index is 0.190. The SMILES string of the molecule is Cc1c(C=C2SC(=Nc3ccc(F)cc3)NC2=O)c2ccccc2n1Cc1ccc(Br)cc1. The third-order valence-electron chi connectivity index (χ3n) is 5.52. The minimum Gasteiger partial charge on any atom is -0.340 e. The van der Waals surface area contributed by atoms with Crippen molar-refractivity contribution in [3.05, 3.63) is 105 Å². The summed E-state index contributed by atoms with van der Waals surface area (Å²) in [4.78, 5) is 17.7. The van der Waals surface area contributed by atoms with Crippen LogP contribution in [0.2, 0.25) is 0 Å². The van der Waals surface area contributed by atoms with Crippen molar-refractivity contribution >= 4 is 61.4 Å². The number of rotatable bonds is 4. The Kier molecular flexibility index (Phi) is 5.91. The number of carbonyl (C=O) groups is 1. The third-order valence-corrected chi connectivity index (χ3v) is 6.96. The molecule has 4 nitrogen and oxygen atoms in total. The first kappa shape index (κ1) is 21.7. The van der Waals surface area contributed by atoms with Crippen molar-refractivity contribution in [1.29, 1.82) is 0 Å². The summed E-state index contributed by atoms with van der Waals surface area (Å²) in [6.07, 6.45) is 1.93. The minimum atomic E-state index is -0.322.